The Balaban J connectivity index is 2.87. The Morgan fingerprint density at radius 1 is 1.28 bits per heavy atom. The van der Waals surface area contributed by atoms with Gasteiger partial charge in [0, 0.05) is 24.8 Å². The van der Waals surface area contributed by atoms with E-state index in [1.807, 2.05) is 13.0 Å². The number of carbonyl (C=O) groups is 1. The quantitative estimate of drug-likeness (QED) is 0.584. The lowest BCUT2D eigenvalue weighted by molar-refractivity contribution is -0.118. The number of ketones is 1. The third-order valence-electron chi connectivity index (χ3n) is 2.49. The predicted octanol–water partition coefficient (Wildman–Crippen LogP) is 4.10. The second-order valence-electron chi connectivity index (χ2n) is 3.74. The zero-order valence-corrected chi connectivity index (χ0v) is 11.9. The van der Waals surface area contributed by atoms with Gasteiger partial charge in [0.25, 0.3) is 0 Å². The molecule has 0 N–H and O–H groups in total. The summed E-state index contributed by atoms with van der Waals surface area (Å²) in [4.78, 5) is 16.1. The maximum absolute atomic E-state index is 11.3. The minimum Gasteiger partial charge on any atom is -0.399 e. The summed E-state index contributed by atoms with van der Waals surface area (Å²) >= 11 is 11.8. The molecule has 0 fully saturated rings. The molecule has 0 bridgehead atoms. The smallest absolute Gasteiger partial charge is 0.133 e. The molecule has 0 saturated carbocycles. The average molecular weight is 288 g/mol. The second-order valence-corrected chi connectivity index (χ2v) is 4.56. The lowest BCUT2D eigenvalue weighted by atomic mass is 10.0. The van der Waals surface area contributed by atoms with E-state index in [1.165, 1.54) is 7.11 Å². The van der Waals surface area contributed by atoms with E-state index < -0.39 is 0 Å². The van der Waals surface area contributed by atoms with E-state index >= 15 is 0 Å². The van der Waals surface area contributed by atoms with Crippen molar-refractivity contribution in [3.8, 4) is 0 Å². The third kappa shape index (κ3) is 4.31. The van der Waals surface area contributed by atoms with Crippen LogP contribution in [-0.4, -0.2) is 18.6 Å². The molecule has 0 aliphatic heterocycles. The summed E-state index contributed by atoms with van der Waals surface area (Å²) in [6.45, 7) is 1.84. The first-order valence-corrected chi connectivity index (χ1v) is 6.41. The third-order valence-corrected chi connectivity index (χ3v) is 3.23. The fourth-order valence-corrected chi connectivity index (χ4v) is 1.76. The van der Waals surface area contributed by atoms with Gasteiger partial charge in [-0.1, -0.05) is 41.3 Å². The van der Waals surface area contributed by atoms with Crippen molar-refractivity contribution in [3.05, 3.63) is 33.8 Å². The molecule has 0 amide bonds. The number of oxime groups is 1. The monoisotopic (exact) mass is 287 g/mol. The summed E-state index contributed by atoms with van der Waals surface area (Å²) in [7, 11) is 1.47. The largest absolute Gasteiger partial charge is 0.399 e. The van der Waals surface area contributed by atoms with E-state index in [0.29, 0.717) is 35.0 Å². The van der Waals surface area contributed by atoms with Crippen LogP contribution in [0, 0.1) is 0 Å². The topological polar surface area (TPSA) is 38.7 Å². The molecule has 0 aliphatic rings. The molecule has 1 rings (SSSR count). The van der Waals surface area contributed by atoms with Crippen LogP contribution in [0.2, 0.25) is 10.0 Å². The number of nitrogens with zero attached hydrogens (tertiary/aromatic N) is 1. The SMILES string of the molecule is CCC(=O)CC/C(=N\OC)c1ccc(Cl)c(Cl)c1. The van der Waals surface area contributed by atoms with Crippen molar-refractivity contribution in [1.82, 2.24) is 0 Å². The number of Topliss-reactive ketones (excluding diaryl/α,β-unsaturated/α-hetero) is 1. The first-order chi connectivity index (χ1) is 8.58. The van der Waals surface area contributed by atoms with Crippen molar-refractivity contribution in [2.75, 3.05) is 7.11 Å². The highest BCUT2D eigenvalue weighted by molar-refractivity contribution is 6.42. The Bertz CT molecular complexity index is 458. The molecule has 0 heterocycles. The minimum atomic E-state index is 0.193. The molecule has 0 aliphatic carbocycles. The molecule has 0 unspecified atom stereocenters. The van der Waals surface area contributed by atoms with Crippen molar-refractivity contribution in [1.29, 1.82) is 0 Å². The number of rotatable bonds is 6. The number of benzene rings is 1. The summed E-state index contributed by atoms with van der Waals surface area (Å²) in [5.74, 6) is 0.193. The number of hydrogen-bond acceptors (Lipinski definition) is 3. The first kappa shape index (κ1) is 15.0. The molecular weight excluding hydrogens is 273 g/mol. The van der Waals surface area contributed by atoms with Crippen molar-refractivity contribution >= 4 is 34.7 Å². The van der Waals surface area contributed by atoms with Gasteiger partial charge in [-0.15, -0.1) is 0 Å². The van der Waals surface area contributed by atoms with Crippen LogP contribution in [0.5, 0.6) is 0 Å². The highest BCUT2D eigenvalue weighted by Gasteiger charge is 2.09. The molecule has 18 heavy (non-hydrogen) atoms. The lowest BCUT2D eigenvalue weighted by Gasteiger charge is -2.06. The van der Waals surface area contributed by atoms with Gasteiger partial charge in [0.1, 0.15) is 12.9 Å². The van der Waals surface area contributed by atoms with Gasteiger partial charge in [0.05, 0.1) is 15.8 Å². The van der Waals surface area contributed by atoms with Crippen molar-refractivity contribution < 1.29 is 9.63 Å². The molecule has 0 radical (unpaired) electrons. The fraction of sp³-hybridized carbons (Fsp3) is 0.385. The Hall–Kier alpha value is -1.06. The van der Waals surface area contributed by atoms with Gasteiger partial charge in [-0.05, 0) is 12.1 Å². The normalized spacial score (nSPS) is 11.4. The van der Waals surface area contributed by atoms with Gasteiger partial charge >= 0.3 is 0 Å². The molecule has 1 aromatic rings. The summed E-state index contributed by atoms with van der Waals surface area (Å²) in [5.41, 5.74) is 1.51. The van der Waals surface area contributed by atoms with Crippen LogP contribution < -0.4 is 0 Å². The Morgan fingerprint density at radius 2 is 2.00 bits per heavy atom. The highest BCUT2D eigenvalue weighted by atomic mass is 35.5. The molecule has 5 heteroatoms. The van der Waals surface area contributed by atoms with E-state index in [4.69, 9.17) is 28.0 Å². The van der Waals surface area contributed by atoms with E-state index in [9.17, 15) is 4.79 Å². The van der Waals surface area contributed by atoms with Gasteiger partial charge in [-0.3, -0.25) is 4.79 Å². The van der Waals surface area contributed by atoms with E-state index in [1.54, 1.807) is 12.1 Å². The zero-order valence-electron chi connectivity index (χ0n) is 10.4. The van der Waals surface area contributed by atoms with Crippen molar-refractivity contribution in [2.24, 2.45) is 5.16 Å². The van der Waals surface area contributed by atoms with Gasteiger partial charge in [0.15, 0.2) is 0 Å². The fourth-order valence-electron chi connectivity index (χ4n) is 1.46. The molecule has 1 aromatic carbocycles. The van der Waals surface area contributed by atoms with E-state index in [2.05, 4.69) is 5.16 Å². The van der Waals surface area contributed by atoms with Gasteiger partial charge < -0.3 is 4.84 Å². The molecule has 0 aromatic heterocycles. The Morgan fingerprint density at radius 3 is 2.56 bits per heavy atom. The number of carbonyl (C=O) groups excluding carboxylic acids is 1. The van der Waals surface area contributed by atoms with Crippen molar-refractivity contribution in [2.45, 2.75) is 26.2 Å². The lowest BCUT2D eigenvalue weighted by Crippen LogP contribution is -2.06. The maximum Gasteiger partial charge on any atom is 0.133 e. The van der Waals surface area contributed by atoms with Crippen molar-refractivity contribution in [3.63, 3.8) is 0 Å². The molecular formula is C13H15Cl2NO2. The van der Waals surface area contributed by atoms with Crippen LogP contribution in [0.15, 0.2) is 23.4 Å². The van der Waals surface area contributed by atoms with Crippen LogP contribution in [0.1, 0.15) is 31.7 Å². The summed E-state index contributed by atoms with van der Waals surface area (Å²) < 4.78 is 0. The summed E-state index contributed by atoms with van der Waals surface area (Å²) in [5, 5.41) is 4.88. The van der Waals surface area contributed by atoms with Crippen LogP contribution in [0.3, 0.4) is 0 Å². The van der Waals surface area contributed by atoms with E-state index in [-0.39, 0.29) is 5.78 Å². The van der Waals surface area contributed by atoms with Crippen LogP contribution in [0.25, 0.3) is 0 Å². The zero-order chi connectivity index (χ0) is 13.5. The van der Waals surface area contributed by atoms with Gasteiger partial charge in [-0.2, -0.15) is 0 Å². The van der Waals surface area contributed by atoms with Crippen LogP contribution in [0.4, 0.5) is 0 Å². The molecule has 0 saturated heterocycles. The van der Waals surface area contributed by atoms with Crippen LogP contribution in [-0.2, 0) is 9.63 Å². The first-order valence-electron chi connectivity index (χ1n) is 5.65. The summed E-state index contributed by atoms with van der Waals surface area (Å²) in [6.07, 6.45) is 1.50. The molecule has 3 nitrogen and oxygen atoms in total. The Labute approximate surface area is 117 Å². The highest BCUT2D eigenvalue weighted by Crippen LogP contribution is 2.23. The number of halogens is 2. The molecule has 0 spiro atoms. The summed E-state index contributed by atoms with van der Waals surface area (Å²) in [6, 6.07) is 5.23. The van der Waals surface area contributed by atoms with E-state index in [0.717, 1.165) is 5.56 Å². The molecule has 98 valence electrons. The predicted molar refractivity (Wildman–Crippen MR) is 74.5 cm³/mol. The number of hydrogen-bond donors (Lipinski definition) is 0. The Kier molecular flexibility index (Phi) is 6.16. The second kappa shape index (κ2) is 7.39. The molecule has 0 atom stereocenters. The standard InChI is InChI=1S/C13H15Cl2NO2/c1-3-10(17)5-7-13(16-18-2)9-4-6-11(14)12(15)8-9/h4,6,8H,3,5,7H2,1-2H3/b16-13+. The van der Waals surface area contributed by atoms with Gasteiger partial charge in [0.2, 0.25) is 0 Å². The minimum absolute atomic E-state index is 0.193. The van der Waals surface area contributed by atoms with Crippen LogP contribution >= 0.6 is 23.2 Å². The van der Waals surface area contributed by atoms with Gasteiger partial charge in [-0.25, -0.2) is 0 Å². The maximum atomic E-state index is 11.3. The average Bonchev–Trinajstić information content (AvgIpc) is 2.37.